The fourth-order valence-corrected chi connectivity index (χ4v) is 3.51. The lowest BCUT2D eigenvalue weighted by molar-refractivity contribution is 0.245. The standard InChI is InChI=1S/C19H23N5/c1-23(2)11-14-3-5-17-13-24(8-7-16(17)9-14)12-15-4-6-18-19(10-15)21-22-20-18/h3-6,9-10H,7-8,11-13H2,1-2H3,(H,20,21,22). The molecule has 2 aromatic carbocycles. The minimum atomic E-state index is 0.927. The van der Waals surface area contributed by atoms with Crippen molar-refractivity contribution in [1.29, 1.82) is 0 Å². The third-order valence-electron chi connectivity index (χ3n) is 4.65. The van der Waals surface area contributed by atoms with E-state index in [0.29, 0.717) is 0 Å². The van der Waals surface area contributed by atoms with Gasteiger partial charge in [-0.2, -0.15) is 15.4 Å². The van der Waals surface area contributed by atoms with Crippen LogP contribution in [0.5, 0.6) is 0 Å². The van der Waals surface area contributed by atoms with Crippen LogP contribution in [0.15, 0.2) is 36.4 Å². The van der Waals surface area contributed by atoms with Crippen LogP contribution in [0.1, 0.15) is 22.3 Å². The van der Waals surface area contributed by atoms with E-state index in [1.165, 1.54) is 22.3 Å². The van der Waals surface area contributed by atoms with Gasteiger partial charge in [0.1, 0.15) is 11.0 Å². The summed E-state index contributed by atoms with van der Waals surface area (Å²) in [6.45, 7) is 4.10. The molecule has 0 spiro atoms. The van der Waals surface area contributed by atoms with Gasteiger partial charge in [0.2, 0.25) is 0 Å². The van der Waals surface area contributed by atoms with Crippen molar-refractivity contribution in [3.63, 3.8) is 0 Å². The van der Waals surface area contributed by atoms with Gasteiger partial charge < -0.3 is 4.90 Å². The molecule has 4 rings (SSSR count). The quantitative estimate of drug-likeness (QED) is 0.802. The second-order valence-electron chi connectivity index (χ2n) is 6.95. The van der Waals surface area contributed by atoms with Gasteiger partial charge in [0, 0.05) is 26.2 Å². The smallest absolute Gasteiger partial charge is 0.113 e. The number of fused-ring (bicyclic) bond motifs is 2. The molecule has 0 saturated carbocycles. The van der Waals surface area contributed by atoms with Crippen molar-refractivity contribution in [1.82, 2.24) is 25.2 Å². The van der Waals surface area contributed by atoms with Crippen molar-refractivity contribution < 1.29 is 0 Å². The second kappa shape index (κ2) is 6.34. The average Bonchev–Trinajstić information content (AvgIpc) is 3.02. The first-order chi connectivity index (χ1) is 11.7. The Kier molecular flexibility index (Phi) is 4.04. The van der Waals surface area contributed by atoms with E-state index < -0.39 is 0 Å². The lowest BCUT2D eigenvalue weighted by Gasteiger charge is -2.29. The van der Waals surface area contributed by atoms with E-state index in [9.17, 15) is 0 Å². The second-order valence-corrected chi connectivity index (χ2v) is 6.95. The number of nitrogens with zero attached hydrogens (tertiary/aromatic N) is 4. The number of H-pyrrole nitrogens is 1. The number of benzene rings is 2. The number of aromatic amines is 1. The van der Waals surface area contributed by atoms with E-state index in [-0.39, 0.29) is 0 Å². The monoisotopic (exact) mass is 321 g/mol. The Morgan fingerprint density at radius 1 is 1.00 bits per heavy atom. The fourth-order valence-electron chi connectivity index (χ4n) is 3.51. The maximum atomic E-state index is 4.18. The first kappa shape index (κ1) is 15.3. The molecule has 1 aliphatic heterocycles. The molecule has 5 nitrogen and oxygen atoms in total. The molecule has 0 fully saturated rings. The molecule has 3 aromatic rings. The highest BCUT2D eigenvalue weighted by molar-refractivity contribution is 5.74. The molecule has 1 N–H and O–H groups in total. The van der Waals surface area contributed by atoms with Gasteiger partial charge in [-0.05, 0) is 54.9 Å². The molecule has 0 aliphatic carbocycles. The van der Waals surface area contributed by atoms with Crippen LogP contribution in [-0.4, -0.2) is 45.9 Å². The largest absolute Gasteiger partial charge is 0.305 e. The van der Waals surface area contributed by atoms with Crippen molar-refractivity contribution >= 4 is 11.0 Å². The molecule has 0 radical (unpaired) electrons. The van der Waals surface area contributed by atoms with Crippen LogP contribution in [0.3, 0.4) is 0 Å². The molecule has 1 aliphatic rings. The maximum absolute atomic E-state index is 4.18. The molecule has 1 aromatic heterocycles. The molecule has 0 bridgehead atoms. The van der Waals surface area contributed by atoms with Crippen LogP contribution in [0.25, 0.3) is 11.0 Å². The summed E-state index contributed by atoms with van der Waals surface area (Å²) in [7, 11) is 4.24. The number of rotatable bonds is 4. The van der Waals surface area contributed by atoms with E-state index in [1.807, 2.05) is 6.07 Å². The predicted octanol–water partition coefficient (Wildman–Crippen LogP) is 2.58. The zero-order valence-electron chi connectivity index (χ0n) is 14.3. The lowest BCUT2D eigenvalue weighted by Crippen LogP contribution is -2.30. The van der Waals surface area contributed by atoms with Crippen LogP contribution < -0.4 is 0 Å². The van der Waals surface area contributed by atoms with Gasteiger partial charge >= 0.3 is 0 Å². The van der Waals surface area contributed by atoms with E-state index in [1.54, 1.807) is 0 Å². The molecule has 5 heteroatoms. The number of hydrogen-bond donors (Lipinski definition) is 1. The minimum absolute atomic E-state index is 0.927. The van der Waals surface area contributed by atoms with Crippen LogP contribution >= 0.6 is 0 Å². The van der Waals surface area contributed by atoms with Crippen LogP contribution in [0, 0.1) is 0 Å². The lowest BCUT2D eigenvalue weighted by atomic mass is 9.96. The Balaban J connectivity index is 1.47. The molecule has 0 atom stereocenters. The molecule has 0 saturated heterocycles. The van der Waals surface area contributed by atoms with Crippen LogP contribution in [-0.2, 0) is 26.1 Å². The van der Waals surface area contributed by atoms with Gasteiger partial charge in [0.05, 0.1) is 0 Å². The van der Waals surface area contributed by atoms with Gasteiger partial charge in [-0.1, -0.05) is 24.3 Å². The molecule has 2 heterocycles. The fraction of sp³-hybridized carbons (Fsp3) is 0.368. The summed E-state index contributed by atoms with van der Waals surface area (Å²) in [5.74, 6) is 0. The third kappa shape index (κ3) is 3.18. The van der Waals surface area contributed by atoms with Crippen molar-refractivity contribution in [3.8, 4) is 0 Å². The van der Waals surface area contributed by atoms with Gasteiger partial charge in [-0.3, -0.25) is 4.90 Å². The maximum Gasteiger partial charge on any atom is 0.113 e. The molecule has 0 amide bonds. The van der Waals surface area contributed by atoms with E-state index in [4.69, 9.17) is 0 Å². The molecule has 124 valence electrons. The summed E-state index contributed by atoms with van der Waals surface area (Å²) in [5.41, 5.74) is 7.55. The Morgan fingerprint density at radius 3 is 2.71 bits per heavy atom. The normalized spacial score (nSPS) is 15.1. The SMILES string of the molecule is CN(C)Cc1ccc2c(c1)CCN(Cc1ccc3n[nH]nc3c1)C2. The minimum Gasteiger partial charge on any atom is -0.305 e. The van der Waals surface area contributed by atoms with E-state index in [0.717, 1.165) is 43.6 Å². The number of aromatic nitrogens is 3. The van der Waals surface area contributed by atoms with Crippen molar-refractivity contribution in [2.45, 2.75) is 26.1 Å². The van der Waals surface area contributed by atoms with Crippen molar-refractivity contribution in [2.24, 2.45) is 0 Å². The van der Waals surface area contributed by atoms with Crippen LogP contribution in [0.4, 0.5) is 0 Å². The third-order valence-corrected chi connectivity index (χ3v) is 4.65. The van der Waals surface area contributed by atoms with E-state index >= 15 is 0 Å². The molecule has 0 unspecified atom stereocenters. The Hall–Kier alpha value is -2.24. The zero-order chi connectivity index (χ0) is 16.5. The first-order valence-corrected chi connectivity index (χ1v) is 8.44. The average molecular weight is 321 g/mol. The highest BCUT2D eigenvalue weighted by atomic mass is 15.3. The summed E-state index contributed by atoms with van der Waals surface area (Å²) in [6, 6.07) is 13.3. The van der Waals surface area contributed by atoms with E-state index in [2.05, 4.69) is 69.6 Å². The zero-order valence-corrected chi connectivity index (χ0v) is 14.3. The Labute approximate surface area is 142 Å². The highest BCUT2D eigenvalue weighted by Gasteiger charge is 2.17. The van der Waals surface area contributed by atoms with Gasteiger partial charge in [-0.15, -0.1) is 0 Å². The van der Waals surface area contributed by atoms with Crippen molar-refractivity contribution in [2.75, 3.05) is 20.6 Å². The predicted molar refractivity (Wildman–Crippen MR) is 95.5 cm³/mol. The first-order valence-electron chi connectivity index (χ1n) is 8.44. The Bertz CT molecular complexity index is 852. The summed E-state index contributed by atoms with van der Waals surface area (Å²) in [4.78, 5) is 4.73. The summed E-state index contributed by atoms with van der Waals surface area (Å²) in [5, 5.41) is 11.0. The Morgan fingerprint density at radius 2 is 1.83 bits per heavy atom. The van der Waals surface area contributed by atoms with Gasteiger partial charge in [0.15, 0.2) is 0 Å². The summed E-state index contributed by atoms with van der Waals surface area (Å²) in [6.07, 6.45) is 1.13. The molecular formula is C19H23N5. The highest BCUT2D eigenvalue weighted by Crippen LogP contribution is 2.23. The summed E-state index contributed by atoms with van der Waals surface area (Å²) < 4.78 is 0. The molecule has 24 heavy (non-hydrogen) atoms. The van der Waals surface area contributed by atoms with Gasteiger partial charge in [-0.25, -0.2) is 0 Å². The van der Waals surface area contributed by atoms with Gasteiger partial charge in [0.25, 0.3) is 0 Å². The number of nitrogens with one attached hydrogen (secondary N) is 1. The summed E-state index contributed by atoms with van der Waals surface area (Å²) >= 11 is 0. The van der Waals surface area contributed by atoms with Crippen LogP contribution in [0.2, 0.25) is 0 Å². The molecular weight excluding hydrogens is 298 g/mol. The topological polar surface area (TPSA) is 48.0 Å². The number of hydrogen-bond acceptors (Lipinski definition) is 4. The van der Waals surface area contributed by atoms with Crippen molar-refractivity contribution in [3.05, 3.63) is 58.7 Å².